The van der Waals surface area contributed by atoms with Crippen molar-refractivity contribution in [2.24, 2.45) is 0 Å². The van der Waals surface area contributed by atoms with Crippen LogP contribution in [0, 0.1) is 6.92 Å². The molecule has 0 aliphatic rings. The molecule has 3 heteroatoms. The number of aryl methyl sites for hydroxylation is 1. The summed E-state index contributed by atoms with van der Waals surface area (Å²) in [6.45, 7) is 10.6. The summed E-state index contributed by atoms with van der Waals surface area (Å²) in [5, 5.41) is 8.04. The molecule has 1 heterocycles. The van der Waals surface area contributed by atoms with Crippen LogP contribution in [0.3, 0.4) is 0 Å². The van der Waals surface area contributed by atoms with E-state index in [1.54, 1.807) is 0 Å². The van der Waals surface area contributed by atoms with E-state index in [4.69, 9.17) is 0 Å². The number of nitrogens with zero attached hydrogens (tertiary/aromatic N) is 2. The van der Waals surface area contributed by atoms with E-state index < -0.39 is 0 Å². The Morgan fingerprint density at radius 1 is 1.20 bits per heavy atom. The highest BCUT2D eigenvalue weighted by Gasteiger charge is 2.13. The highest BCUT2D eigenvalue weighted by Crippen LogP contribution is 2.19. The maximum atomic E-state index is 4.42. The molecule has 20 heavy (non-hydrogen) atoms. The van der Waals surface area contributed by atoms with Gasteiger partial charge in [0.15, 0.2) is 0 Å². The van der Waals surface area contributed by atoms with Crippen molar-refractivity contribution in [3.63, 3.8) is 0 Å². The van der Waals surface area contributed by atoms with Crippen LogP contribution in [-0.4, -0.2) is 16.3 Å². The molecule has 1 aromatic carbocycles. The average molecular weight is 271 g/mol. The maximum absolute atomic E-state index is 4.42. The van der Waals surface area contributed by atoms with Crippen molar-refractivity contribution in [1.29, 1.82) is 0 Å². The molecule has 0 spiro atoms. The summed E-state index contributed by atoms with van der Waals surface area (Å²) in [5.41, 5.74) is 3.94. The van der Waals surface area contributed by atoms with E-state index in [0.29, 0.717) is 12.0 Å². The monoisotopic (exact) mass is 271 g/mol. The molecule has 0 fully saturated rings. The van der Waals surface area contributed by atoms with Gasteiger partial charge in [0.2, 0.25) is 0 Å². The average Bonchev–Trinajstić information content (AvgIpc) is 2.86. The molecular weight excluding hydrogens is 246 g/mol. The number of hydrogen-bond acceptors (Lipinski definition) is 2. The molecule has 2 aromatic rings. The van der Waals surface area contributed by atoms with Crippen LogP contribution in [0.5, 0.6) is 0 Å². The zero-order valence-electron chi connectivity index (χ0n) is 12.9. The minimum atomic E-state index is 0.335. The second-order valence-electron chi connectivity index (χ2n) is 5.44. The van der Waals surface area contributed by atoms with Crippen LogP contribution in [0.4, 0.5) is 0 Å². The van der Waals surface area contributed by atoms with Crippen molar-refractivity contribution >= 4 is 0 Å². The first-order valence-corrected chi connectivity index (χ1v) is 7.44. The summed E-state index contributed by atoms with van der Waals surface area (Å²) in [4.78, 5) is 0. The normalized spacial score (nSPS) is 14.2. The van der Waals surface area contributed by atoms with Crippen LogP contribution in [0.15, 0.2) is 36.5 Å². The van der Waals surface area contributed by atoms with Gasteiger partial charge in [-0.3, -0.25) is 4.68 Å². The van der Waals surface area contributed by atoms with Crippen LogP contribution in [0.1, 0.15) is 49.6 Å². The van der Waals surface area contributed by atoms with E-state index in [9.17, 15) is 0 Å². The summed E-state index contributed by atoms with van der Waals surface area (Å²) < 4.78 is 2.05. The van der Waals surface area contributed by atoms with Crippen molar-refractivity contribution < 1.29 is 0 Å². The molecule has 2 unspecified atom stereocenters. The summed E-state index contributed by atoms with van der Waals surface area (Å²) in [6.07, 6.45) is 1.99. The van der Waals surface area contributed by atoms with Gasteiger partial charge in [-0.1, -0.05) is 37.3 Å². The van der Waals surface area contributed by atoms with Crippen molar-refractivity contribution in [3.05, 3.63) is 53.3 Å². The Hall–Kier alpha value is -1.61. The first kappa shape index (κ1) is 14.8. The van der Waals surface area contributed by atoms with Gasteiger partial charge in [0.1, 0.15) is 0 Å². The van der Waals surface area contributed by atoms with Crippen LogP contribution in [-0.2, 0) is 6.54 Å². The molecule has 2 atom stereocenters. The zero-order valence-corrected chi connectivity index (χ0v) is 12.9. The highest BCUT2D eigenvalue weighted by atomic mass is 15.3. The summed E-state index contributed by atoms with van der Waals surface area (Å²) in [7, 11) is 0. The van der Waals surface area contributed by atoms with Crippen LogP contribution < -0.4 is 5.32 Å². The Kier molecular flexibility index (Phi) is 4.96. The fourth-order valence-corrected chi connectivity index (χ4v) is 2.57. The van der Waals surface area contributed by atoms with E-state index in [0.717, 1.165) is 13.1 Å². The predicted molar refractivity (Wildman–Crippen MR) is 83.9 cm³/mol. The third kappa shape index (κ3) is 3.28. The van der Waals surface area contributed by atoms with Gasteiger partial charge in [-0.05, 0) is 32.3 Å². The summed E-state index contributed by atoms with van der Waals surface area (Å²) >= 11 is 0. The van der Waals surface area contributed by atoms with E-state index in [1.165, 1.54) is 16.8 Å². The van der Waals surface area contributed by atoms with E-state index in [2.05, 4.69) is 68.4 Å². The lowest BCUT2D eigenvalue weighted by atomic mass is 10.0. The Morgan fingerprint density at radius 2 is 1.90 bits per heavy atom. The minimum absolute atomic E-state index is 0.335. The predicted octanol–water partition coefficient (Wildman–Crippen LogP) is 3.67. The SMILES string of the molecule is CCn1ncc(C(C)NCC(C)c2ccccc2)c1C. The Morgan fingerprint density at radius 3 is 2.50 bits per heavy atom. The molecule has 1 N–H and O–H groups in total. The van der Waals surface area contributed by atoms with Crippen molar-refractivity contribution in [2.75, 3.05) is 6.54 Å². The third-order valence-electron chi connectivity index (χ3n) is 4.01. The Bertz CT molecular complexity index is 530. The maximum Gasteiger partial charge on any atom is 0.0540 e. The first-order chi connectivity index (χ1) is 9.63. The topological polar surface area (TPSA) is 29.9 Å². The quantitative estimate of drug-likeness (QED) is 0.869. The zero-order chi connectivity index (χ0) is 14.5. The molecule has 0 aliphatic heterocycles. The molecule has 0 amide bonds. The standard InChI is InChI=1S/C17H25N3/c1-5-20-15(4)17(12-19-20)14(3)18-11-13(2)16-9-7-6-8-10-16/h6-10,12-14,18H,5,11H2,1-4H3. The molecule has 0 saturated carbocycles. The van der Waals surface area contributed by atoms with Crippen molar-refractivity contribution in [2.45, 2.75) is 46.2 Å². The molecule has 0 radical (unpaired) electrons. The van der Waals surface area contributed by atoms with Crippen LogP contribution in [0.2, 0.25) is 0 Å². The molecule has 0 aliphatic carbocycles. The lowest BCUT2D eigenvalue weighted by Crippen LogP contribution is -2.24. The molecule has 1 aromatic heterocycles. The van der Waals surface area contributed by atoms with Gasteiger partial charge in [0, 0.05) is 30.4 Å². The van der Waals surface area contributed by atoms with Gasteiger partial charge in [0.05, 0.1) is 6.20 Å². The fourth-order valence-electron chi connectivity index (χ4n) is 2.57. The number of aromatic nitrogens is 2. The second kappa shape index (κ2) is 6.71. The summed E-state index contributed by atoms with van der Waals surface area (Å²) in [5.74, 6) is 0.514. The van der Waals surface area contributed by atoms with Gasteiger partial charge in [-0.25, -0.2) is 0 Å². The van der Waals surface area contributed by atoms with Crippen molar-refractivity contribution in [3.8, 4) is 0 Å². The smallest absolute Gasteiger partial charge is 0.0540 e. The molecule has 0 bridgehead atoms. The van der Waals surface area contributed by atoms with Gasteiger partial charge in [0.25, 0.3) is 0 Å². The largest absolute Gasteiger partial charge is 0.309 e. The number of rotatable bonds is 6. The van der Waals surface area contributed by atoms with Gasteiger partial charge in [-0.2, -0.15) is 5.10 Å². The second-order valence-corrected chi connectivity index (χ2v) is 5.44. The molecule has 2 rings (SSSR count). The molecule has 0 saturated heterocycles. The third-order valence-corrected chi connectivity index (χ3v) is 4.01. The minimum Gasteiger partial charge on any atom is -0.309 e. The summed E-state index contributed by atoms with van der Waals surface area (Å²) in [6, 6.07) is 11.0. The Balaban J connectivity index is 1.95. The molecular formula is C17H25N3. The number of benzene rings is 1. The lowest BCUT2D eigenvalue weighted by Gasteiger charge is -2.18. The van der Waals surface area contributed by atoms with Gasteiger partial charge in [-0.15, -0.1) is 0 Å². The number of nitrogens with one attached hydrogen (secondary N) is 1. The van der Waals surface area contributed by atoms with Gasteiger partial charge >= 0.3 is 0 Å². The Labute approximate surface area is 122 Å². The van der Waals surface area contributed by atoms with Crippen LogP contribution in [0.25, 0.3) is 0 Å². The van der Waals surface area contributed by atoms with E-state index in [-0.39, 0.29) is 0 Å². The fraction of sp³-hybridized carbons (Fsp3) is 0.471. The molecule has 3 nitrogen and oxygen atoms in total. The van der Waals surface area contributed by atoms with Crippen molar-refractivity contribution in [1.82, 2.24) is 15.1 Å². The lowest BCUT2D eigenvalue weighted by molar-refractivity contribution is 0.533. The first-order valence-electron chi connectivity index (χ1n) is 7.44. The van der Waals surface area contributed by atoms with E-state index in [1.807, 2.05) is 10.9 Å². The van der Waals surface area contributed by atoms with Crippen LogP contribution >= 0.6 is 0 Å². The van der Waals surface area contributed by atoms with Gasteiger partial charge < -0.3 is 5.32 Å². The number of hydrogen-bond donors (Lipinski definition) is 1. The molecule has 108 valence electrons. The highest BCUT2D eigenvalue weighted by molar-refractivity contribution is 5.21. The van der Waals surface area contributed by atoms with E-state index >= 15 is 0 Å².